The maximum Gasteiger partial charge on any atom is 0.205 e. The number of carbonyl (C=O) groups excluding carboxylic acids is 1. The number of ether oxygens (including phenoxy) is 2. The molecule has 0 aliphatic carbocycles. The van der Waals surface area contributed by atoms with E-state index in [1.54, 1.807) is 18.2 Å². The molecule has 5 heteroatoms. The molecule has 4 atom stereocenters. The Labute approximate surface area is 175 Å². The Morgan fingerprint density at radius 3 is 2.50 bits per heavy atom. The smallest absolute Gasteiger partial charge is 0.205 e. The van der Waals surface area contributed by atoms with Gasteiger partial charge in [-0.25, -0.2) is 0 Å². The zero-order valence-electron chi connectivity index (χ0n) is 16.4. The van der Waals surface area contributed by atoms with Gasteiger partial charge in [-0.05, 0) is 35.7 Å². The number of carbonyl (C=O) groups is 1. The van der Waals surface area contributed by atoms with Crippen LogP contribution in [0.1, 0.15) is 49.5 Å². The summed E-state index contributed by atoms with van der Waals surface area (Å²) in [6.45, 7) is 8.37. The number of halogens is 2. The van der Waals surface area contributed by atoms with E-state index in [4.69, 9.17) is 32.7 Å². The minimum absolute atomic E-state index is 0.00593. The van der Waals surface area contributed by atoms with E-state index in [9.17, 15) is 4.79 Å². The van der Waals surface area contributed by atoms with E-state index < -0.39 is 6.29 Å². The lowest BCUT2D eigenvalue weighted by Crippen LogP contribution is -2.59. The Morgan fingerprint density at radius 1 is 1.11 bits per heavy atom. The topological polar surface area (TPSA) is 35.5 Å². The summed E-state index contributed by atoms with van der Waals surface area (Å²) in [6.07, 6.45) is -0.667. The fourth-order valence-corrected chi connectivity index (χ4v) is 5.18. The third kappa shape index (κ3) is 3.04. The molecule has 0 N–H and O–H groups in total. The summed E-state index contributed by atoms with van der Waals surface area (Å²) < 4.78 is 12.6. The molecule has 0 aromatic heterocycles. The van der Waals surface area contributed by atoms with Gasteiger partial charge in [0.2, 0.25) is 6.29 Å². The Bertz CT molecular complexity index is 922. The maximum absolute atomic E-state index is 13.8. The Hall–Kier alpha value is -1.55. The van der Waals surface area contributed by atoms with Crippen molar-refractivity contribution in [2.45, 2.75) is 46.0 Å². The molecule has 148 valence electrons. The number of Topliss-reactive ketones (excluding diaryl/α,β-unsaturated/α-hetero) is 1. The summed E-state index contributed by atoms with van der Waals surface area (Å²) in [6, 6.07) is 13.0. The second-order valence-electron chi connectivity index (χ2n) is 8.65. The van der Waals surface area contributed by atoms with Gasteiger partial charge < -0.3 is 9.47 Å². The van der Waals surface area contributed by atoms with Crippen LogP contribution in [0.25, 0.3) is 0 Å². The van der Waals surface area contributed by atoms with Crippen LogP contribution in [-0.4, -0.2) is 18.2 Å². The maximum atomic E-state index is 13.8. The van der Waals surface area contributed by atoms with Gasteiger partial charge in [-0.15, -0.1) is 0 Å². The van der Waals surface area contributed by atoms with Crippen LogP contribution in [0, 0.1) is 17.3 Å². The molecule has 2 bridgehead atoms. The molecule has 3 nitrogen and oxygen atoms in total. The molecular weight excluding hydrogens is 395 g/mol. The van der Waals surface area contributed by atoms with Gasteiger partial charge in [0, 0.05) is 21.9 Å². The quantitative estimate of drug-likeness (QED) is 0.542. The summed E-state index contributed by atoms with van der Waals surface area (Å²) in [4.78, 5) is 13.8. The largest absolute Gasteiger partial charge is 0.464 e. The van der Waals surface area contributed by atoms with E-state index in [0.717, 1.165) is 11.3 Å². The highest BCUT2D eigenvalue weighted by atomic mass is 35.5. The van der Waals surface area contributed by atoms with Crippen molar-refractivity contribution in [1.82, 2.24) is 0 Å². The fraction of sp³-hybridized carbons (Fsp3) is 0.435. The van der Waals surface area contributed by atoms with Crippen molar-refractivity contribution in [2.24, 2.45) is 17.3 Å². The molecule has 0 radical (unpaired) electrons. The van der Waals surface area contributed by atoms with Crippen molar-refractivity contribution in [2.75, 3.05) is 0 Å². The van der Waals surface area contributed by atoms with Crippen LogP contribution >= 0.6 is 23.2 Å². The van der Waals surface area contributed by atoms with Crippen LogP contribution in [0.15, 0.2) is 42.5 Å². The number of ketones is 1. The van der Waals surface area contributed by atoms with Crippen molar-refractivity contribution < 1.29 is 14.3 Å². The minimum Gasteiger partial charge on any atom is -0.464 e. The molecule has 2 aromatic carbocycles. The SMILES string of the molecule is CC(C)[C@@H]1O[C@H]2Oc3ccccc3[C@@H]([C@H]1C(=O)c1ccc(Cl)cc1Cl)C2(C)C. The van der Waals surface area contributed by atoms with Crippen LogP contribution in [-0.2, 0) is 4.74 Å². The molecular formula is C23H24Cl2O3. The van der Waals surface area contributed by atoms with E-state index in [1.165, 1.54) is 0 Å². The first-order chi connectivity index (χ1) is 13.2. The van der Waals surface area contributed by atoms with E-state index in [-0.39, 0.29) is 35.1 Å². The summed E-state index contributed by atoms with van der Waals surface area (Å²) in [5.41, 5.74) is 1.18. The fourth-order valence-electron chi connectivity index (χ4n) is 4.68. The van der Waals surface area contributed by atoms with E-state index >= 15 is 0 Å². The number of fused-ring (bicyclic) bond motifs is 4. The molecule has 2 heterocycles. The lowest BCUT2D eigenvalue weighted by Gasteiger charge is -2.55. The monoisotopic (exact) mass is 418 g/mol. The van der Waals surface area contributed by atoms with E-state index in [1.807, 2.05) is 18.2 Å². The van der Waals surface area contributed by atoms with Crippen molar-refractivity contribution in [3.63, 3.8) is 0 Å². The van der Waals surface area contributed by atoms with Gasteiger partial charge in [0.1, 0.15) is 5.75 Å². The van der Waals surface area contributed by atoms with Crippen LogP contribution < -0.4 is 4.74 Å². The highest BCUT2D eigenvalue weighted by Gasteiger charge is 2.58. The third-order valence-corrected chi connectivity index (χ3v) is 6.60. The number of benzene rings is 2. The van der Waals surface area contributed by atoms with Crippen molar-refractivity contribution in [3.05, 3.63) is 63.6 Å². The van der Waals surface area contributed by atoms with Crippen LogP contribution in [0.5, 0.6) is 5.75 Å². The predicted octanol–water partition coefficient (Wildman–Crippen LogP) is 6.38. The lowest BCUT2D eigenvalue weighted by atomic mass is 9.60. The zero-order valence-corrected chi connectivity index (χ0v) is 17.9. The highest BCUT2D eigenvalue weighted by molar-refractivity contribution is 6.37. The second kappa shape index (κ2) is 7.05. The minimum atomic E-state index is -0.399. The number of hydrogen-bond acceptors (Lipinski definition) is 3. The zero-order chi connectivity index (χ0) is 20.2. The van der Waals surface area contributed by atoms with Gasteiger partial charge in [-0.2, -0.15) is 0 Å². The van der Waals surface area contributed by atoms with Gasteiger partial charge >= 0.3 is 0 Å². The van der Waals surface area contributed by atoms with Gasteiger partial charge in [0.25, 0.3) is 0 Å². The molecule has 2 aliphatic rings. The van der Waals surface area contributed by atoms with E-state index in [2.05, 4.69) is 33.8 Å². The molecule has 1 saturated heterocycles. The third-order valence-electron chi connectivity index (χ3n) is 6.05. The molecule has 0 spiro atoms. The van der Waals surface area contributed by atoms with Crippen LogP contribution in [0.2, 0.25) is 10.0 Å². The standard InChI is InChI=1S/C23H24Cl2O3/c1-12(2)21-18(20(26)14-10-9-13(24)11-16(14)25)19-15-7-5-6-8-17(15)27-22(28-21)23(19,3)4/h5-12,18-19,21-22H,1-4H3/t18-,19-,21-,22+/m0/s1. The molecule has 28 heavy (non-hydrogen) atoms. The van der Waals surface area contributed by atoms with Crippen molar-refractivity contribution in [1.29, 1.82) is 0 Å². The van der Waals surface area contributed by atoms with Crippen LogP contribution in [0.4, 0.5) is 0 Å². The molecule has 1 fully saturated rings. The first-order valence-electron chi connectivity index (χ1n) is 9.62. The molecule has 0 unspecified atom stereocenters. The normalized spacial score (nSPS) is 27.8. The van der Waals surface area contributed by atoms with Gasteiger partial charge in [0.05, 0.1) is 17.0 Å². The van der Waals surface area contributed by atoms with Crippen LogP contribution in [0.3, 0.4) is 0 Å². The summed E-state index contributed by atoms with van der Waals surface area (Å²) in [5, 5.41) is 0.888. The Morgan fingerprint density at radius 2 is 1.82 bits per heavy atom. The molecule has 2 aromatic rings. The molecule has 0 amide bonds. The first kappa shape index (κ1) is 19.8. The van der Waals surface area contributed by atoms with Gasteiger partial charge in [-0.3, -0.25) is 4.79 Å². The highest BCUT2D eigenvalue weighted by Crippen LogP contribution is 2.57. The summed E-state index contributed by atoms with van der Waals surface area (Å²) in [5.74, 6) is 0.528. The Kier molecular flexibility index (Phi) is 4.97. The van der Waals surface area contributed by atoms with Gasteiger partial charge in [-0.1, -0.05) is 69.1 Å². The molecule has 4 rings (SSSR count). The first-order valence-corrected chi connectivity index (χ1v) is 10.4. The average Bonchev–Trinajstić information content (AvgIpc) is 2.60. The number of para-hydroxylation sites is 1. The number of rotatable bonds is 3. The lowest BCUT2D eigenvalue weighted by molar-refractivity contribution is -0.249. The number of hydrogen-bond donors (Lipinski definition) is 0. The Balaban J connectivity index is 1.88. The van der Waals surface area contributed by atoms with Gasteiger partial charge in [0.15, 0.2) is 5.78 Å². The van der Waals surface area contributed by atoms with Crippen molar-refractivity contribution >= 4 is 29.0 Å². The molecule has 0 saturated carbocycles. The second-order valence-corrected chi connectivity index (χ2v) is 9.49. The summed E-state index contributed by atoms with van der Waals surface area (Å²) in [7, 11) is 0. The molecule has 2 aliphatic heterocycles. The predicted molar refractivity (Wildman–Crippen MR) is 111 cm³/mol. The average molecular weight is 419 g/mol. The van der Waals surface area contributed by atoms with Crippen molar-refractivity contribution in [3.8, 4) is 5.75 Å². The van der Waals surface area contributed by atoms with E-state index in [0.29, 0.717) is 15.6 Å². The summed E-state index contributed by atoms with van der Waals surface area (Å²) >= 11 is 12.5.